The first-order valence-corrected chi connectivity index (χ1v) is 23.9. The molecule has 360 valence electrons. The Morgan fingerprint density at radius 1 is 0.714 bits per heavy atom. The van der Waals surface area contributed by atoms with Gasteiger partial charge in [-0.15, -0.1) is 20.4 Å². The third-order valence-corrected chi connectivity index (χ3v) is 13.7. The standard InChI is InChI=1S/C48H47Cl4N15O3/c1-25(42-31(49)17-53-18-32(42)50)69-27-7-9-35-29(15-27)44(62-56-35)37-11-13-39(60-58-37)66-22-47(3,23-66)64-48(4)24-67(46(48)55-41(68)21-65(5)6)40-14-12-38(59-61-40)45-30-16-28(8-10-36(30)57-63-45)70-26(2)43-33(51)19-54-20-34(43)52/h7-20,25-26,46,64H,21-24H2,1-6H3,(H,55,68)(H,56,62)(H,57,63)/t25?,26-,46-,48?/m1/s1. The molecule has 6 aromatic heterocycles. The van der Waals surface area contributed by atoms with Crippen LogP contribution in [-0.2, 0) is 4.79 Å². The van der Waals surface area contributed by atoms with Crippen molar-refractivity contribution in [2.24, 2.45) is 0 Å². The van der Waals surface area contributed by atoms with Gasteiger partial charge in [-0.3, -0.25) is 30.3 Å². The fourth-order valence-electron chi connectivity index (χ4n) is 9.43. The normalized spacial score (nSPS) is 18.4. The summed E-state index contributed by atoms with van der Waals surface area (Å²) in [7, 11) is 3.73. The minimum atomic E-state index is -0.520. The van der Waals surface area contributed by atoms with Gasteiger partial charge in [-0.05, 0) is 102 Å². The number of nitrogens with zero attached hydrogens (tertiary/aromatic N) is 11. The number of amides is 1. The molecule has 2 aliphatic rings. The minimum Gasteiger partial charge on any atom is -0.486 e. The molecule has 4 N–H and O–H groups in total. The maximum absolute atomic E-state index is 13.3. The zero-order valence-electron chi connectivity index (χ0n) is 38.8. The fraction of sp³-hybridized carbons (Fsp3) is 0.312. The van der Waals surface area contributed by atoms with Gasteiger partial charge in [-0.1, -0.05) is 46.4 Å². The second-order valence-electron chi connectivity index (χ2n) is 18.5. The molecule has 10 rings (SSSR count). The number of likely N-dealkylation sites (N-methyl/N-ethyl adjacent to an activating group) is 1. The topological polar surface area (TPSA) is 204 Å². The number of H-pyrrole nitrogens is 2. The first kappa shape index (κ1) is 47.3. The van der Waals surface area contributed by atoms with E-state index in [0.29, 0.717) is 90.9 Å². The lowest BCUT2D eigenvalue weighted by Crippen LogP contribution is -2.85. The summed E-state index contributed by atoms with van der Waals surface area (Å²) < 4.78 is 12.5. The number of pyridine rings is 2. The van der Waals surface area contributed by atoms with Crippen molar-refractivity contribution in [1.29, 1.82) is 0 Å². The van der Waals surface area contributed by atoms with Crippen LogP contribution in [0, 0.1) is 0 Å². The number of hydrogen-bond donors (Lipinski definition) is 4. The lowest BCUT2D eigenvalue weighted by Gasteiger charge is -2.61. The quantitative estimate of drug-likeness (QED) is 0.0760. The molecule has 2 fully saturated rings. The van der Waals surface area contributed by atoms with Gasteiger partial charge in [0, 0.05) is 66.3 Å². The van der Waals surface area contributed by atoms with E-state index in [0.717, 1.165) is 27.6 Å². The zero-order chi connectivity index (χ0) is 49.1. The van der Waals surface area contributed by atoms with E-state index >= 15 is 0 Å². The predicted octanol–water partition coefficient (Wildman–Crippen LogP) is 8.49. The number of aromatic nitrogens is 10. The molecule has 0 spiro atoms. The van der Waals surface area contributed by atoms with Gasteiger partial charge in [0.15, 0.2) is 11.6 Å². The van der Waals surface area contributed by atoms with Gasteiger partial charge in [0.1, 0.15) is 52.6 Å². The molecular weight excluding hydrogens is 976 g/mol. The molecule has 8 aromatic rings. The number of halogens is 4. The first-order valence-electron chi connectivity index (χ1n) is 22.4. The summed E-state index contributed by atoms with van der Waals surface area (Å²) in [4.78, 5) is 27.5. The summed E-state index contributed by atoms with van der Waals surface area (Å²) in [5, 5.41) is 44.3. The molecule has 2 unspecified atom stereocenters. The van der Waals surface area contributed by atoms with Crippen LogP contribution in [0.15, 0.2) is 85.5 Å². The molecule has 1 amide bonds. The molecule has 2 aromatic carbocycles. The van der Waals surface area contributed by atoms with Crippen molar-refractivity contribution in [3.05, 3.63) is 117 Å². The van der Waals surface area contributed by atoms with Crippen molar-refractivity contribution >= 4 is 85.8 Å². The highest BCUT2D eigenvalue weighted by Crippen LogP contribution is 2.39. The van der Waals surface area contributed by atoms with Crippen LogP contribution in [0.3, 0.4) is 0 Å². The Balaban J connectivity index is 0.807. The van der Waals surface area contributed by atoms with Crippen LogP contribution >= 0.6 is 46.4 Å². The maximum atomic E-state index is 13.3. The van der Waals surface area contributed by atoms with Crippen molar-refractivity contribution < 1.29 is 14.3 Å². The van der Waals surface area contributed by atoms with Crippen molar-refractivity contribution in [3.8, 4) is 34.3 Å². The van der Waals surface area contributed by atoms with Crippen LogP contribution in [0.1, 0.15) is 51.0 Å². The second kappa shape index (κ2) is 18.7. The SMILES string of the molecule is CC(Oc1ccc2[nH]nc(-c3ccc(N4CC(C)(NC5(C)CN(c6ccc(-c7n[nH]c8ccc(O[C@H](C)c9c(Cl)cncc9Cl)cc78)nn6)[C@H]5NC(=O)CN(C)C)C4)nn3)c2c1)c1c(Cl)cncc1Cl. The highest BCUT2D eigenvalue weighted by atomic mass is 35.5. The molecule has 4 atom stereocenters. The van der Waals surface area contributed by atoms with Crippen LogP contribution in [-0.4, -0.2) is 119 Å². The number of ether oxygens (including phenoxy) is 2. The number of benzene rings is 2. The smallest absolute Gasteiger partial charge is 0.235 e. The third-order valence-electron chi connectivity index (χ3n) is 12.5. The largest absolute Gasteiger partial charge is 0.486 e. The predicted molar refractivity (Wildman–Crippen MR) is 271 cm³/mol. The fourth-order valence-corrected chi connectivity index (χ4v) is 10.8. The number of nitrogens with one attached hydrogen (secondary N) is 4. The van der Waals surface area contributed by atoms with Crippen LogP contribution in [0.2, 0.25) is 20.1 Å². The molecule has 18 nitrogen and oxygen atoms in total. The van der Waals surface area contributed by atoms with E-state index in [1.54, 1.807) is 24.8 Å². The van der Waals surface area contributed by atoms with Crippen LogP contribution < -0.4 is 29.9 Å². The Bertz CT molecular complexity index is 3200. The molecular formula is C48H47Cl4N15O3. The number of carbonyl (C=O) groups is 1. The van der Waals surface area contributed by atoms with E-state index in [1.807, 2.05) is 98.4 Å². The molecule has 2 aliphatic heterocycles. The summed E-state index contributed by atoms with van der Waals surface area (Å²) in [6.07, 6.45) is 4.87. The van der Waals surface area contributed by atoms with E-state index in [2.05, 4.69) is 80.1 Å². The number of aromatic amines is 2. The first-order chi connectivity index (χ1) is 33.5. The summed E-state index contributed by atoms with van der Waals surface area (Å²) in [5.74, 6) is 2.45. The number of rotatable bonds is 15. The van der Waals surface area contributed by atoms with E-state index in [4.69, 9.17) is 55.9 Å². The Morgan fingerprint density at radius 2 is 1.20 bits per heavy atom. The molecule has 70 heavy (non-hydrogen) atoms. The van der Waals surface area contributed by atoms with Gasteiger partial charge in [-0.2, -0.15) is 10.2 Å². The van der Waals surface area contributed by atoms with Crippen molar-refractivity contribution in [1.82, 2.24) is 66.3 Å². The Labute approximate surface area is 422 Å². The molecule has 0 radical (unpaired) electrons. The third kappa shape index (κ3) is 9.22. The summed E-state index contributed by atoms with van der Waals surface area (Å²) in [6.45, 7) is 10.2. The van der Waals surface area contributed by atoms with E-state index in [-0.39, 0.29) is 18.0 Å². The van der Waals surface area contributed by atoms with Gasteiger partial charge >= 0.3 is 0 Å². The van der Waals surface area contributed by atoms with E-state index < -0.39 is 23.9 Å². The summed E-state index contributed by atoms with van der Waals surface area (Å²) in [6, 6.07) is 19.0. The highest BCUT2D eigenvalue weighted by molar-refractivity contribution is 6.36. The number of fused-ring (bicyclic) bond motifs is 2. The van der Waals surface area contributed by atoms with Crippen molar-refractivity contribution in [2.45, 2.75) is 57.1 Å². The second-order valence-corrected chi connectivity index (χ2v) is 20.1. The number of hydrogen-bond acceptors (Lipinski definition) is 15. The zero-order valence-corrected chi connectivity index (χ0v) is 41.8. The molecule has 0 bridgehead atoms. The summed E-state index contributed by atoms with van der Waals surface area (Å²) in [5.41, 5.74) is 4.53. The molecule has 0 aliphatic carbocycles. The van der Waals surface area contributed by atoms with Crippen molar-refractivity contribution in [3.63, 3.8) is 0 Å². The van der Waals surface area contributed by atoms with Gasteiger partial charge < -0.3 is 29.5 Å². The summed E-state index contributed by atoms with van der Waals surface area (Å²) >= 11 is 25.6. The number of carbonyl (C=O) groups excluding carboxylic acids is 1. The maximum Gasteiger partial charge on any atom is 0.235 e. The average Bonchev–Trinajstić information content (AvgIpc) is 3.93. The average molecular weight is 1020 g/mol. The molecule has 22 heteroatoms. The Kier molecular flexibility index (Phi) is 12.6. The Morgan fingerprint density at radius 3 is 1.66 bits per heavy atom. The molecule has 8 heterocycles. The molecule has 2 saturated heterocycles. The van der Waals surface area contributed by atoms with E-state index in [1.165, 1.54) is 0 Å². The van der Waals surface area contributed by atoms with Crippen molar-refractivity contribution in [2.75, 3.05) is 50.1 Å². The lowest BCUT2D eigenvalue weighted by atomic mass is 9.81. The molecule has 0 saturated carbocycles. The number of anilines is 2. The van der Waals surface area contributed by atoms with Crippen LogP contribution in [0.25, 0.3) is 44.6 Å². The van der Waals surface area contributed by atoms with Gasteiger partial charge in [0.25, 0.3) is 0 Å². The minimum absolute atomic E-state index is 0.111. The van der Waals surface area contributed by atoms with Crippen LogP contribution in [0.4, 0.5) is 11.6 Å². The van der Waals surface area contributed by atoms with Gasteiger partial charge in [-0.25, -0.2) is 0 Å². The lowest BCUT2D eigenvalue weighted by molar-refractivity contribution is -0.123. The Hall–Kier alpha value is -6.41. The highest BCUT2D eigenvalue weighted by Gasteiger charge is 2.55. The van der Waals surface area contributed by atoms with E-state index in [9.17, 15) is 4.79 Å². The monoisotopic (exact) mass is 1020 g/mol. The van der Waals surface area contributed by atoms with Gasteiger partial charge in [0.05, 0.1) is 48.7 Å². The van der Waals surface area contributed by atoms with Crippen LogP contribution in [0.5, 0.6) is 11.5 Å². The van der Waals surface area contributed by atoms with Gasteiger partial charge in [0.2, 0.25) is 5.91 Å².